The van der Waals surface area contributed by atoms with Gasteiger partial charge in [-0.3, -0.25) is 0 Å². The summed E-state index contributed by atoms with van der Waals surface area (Å²) in [6, 6.07) is 10.4. The summed E-state index contributed by atoms with van der Waals surface area (Å²) in [5, 5.41) is 0. The van der Waals surface area contributed by atoms with E-state index in [0.717, 1.165) is 40.7 Å². The summed E-state index contributed by atoms with van der Waals surface area (Å²) < 4.78 is 12.4. The smallest absolute Gasteiger partial charge is 0.131 e. The first kappa shape index (κ1) is 35.0. The number of fused-ring (bicyclic) bond motifs is 1. The van der Waals surface area contributed by atoms with Crippen LogP contribution in [0.1, 0.15) is 98.5 Å². The van der Waals surface area contributed by atoms with Gasteiger partial charge < -0.3 is 9.47 Å². The van der Waals surface area contributed by atoms with E-state index in [1.165, 1.54) is 50.5 Å². The number of hydrogen-bond acceptors (Lipinski definition) is 2. The van der Waals surface area contributed by atoms with Crippen LogP contribution in [0.25, 0.3) is 5.57 Å². The first-order chi connectivity index (χ1) is 19.0. The molecule has 39 heavy (non-hydrogen) atoms. The second-order valence-corrected chi connectivity index (χ2v) is 10.7. The van der Waals surface area contributed by atoms with Crippen LogP contribution in [0.2, 0.25) is 0 Å². The number of hydrogen-bond donors (Lipinski definition) is 0. The fourth-order valence-corrected chi connectivity index (χ4v) is 6.15. The van der Waals surface area contributed by atoms with E-state index < -0.39 is 0 Å². The fourth-order valence-electron chi connectivity index (χ4n) is 5.81. The zero-order chi connectivity index (χ0) is 29.0. The Morgan fingerprint density at radius 3 is 2.28 bits per heavy atom. The van der Waals surface area contributed by atoms with Crippen LogP contribution in [0.3, 0.4) is 0 Å². The normalized spacial score (nSPS) is 22.9. The zero-order valence-corrected chi connectivity index (χ0v) is 26.4. The Morgan fingerprint density at radius 2 is 1.64 bits per heavy atom. The molecule has 2 aliphatic carbocycles. The van der Waals surface area contributed by atoms with Crippen molar-refractivity contribution in [2.45, 2.75) is 98.5 Å². The van der Waals surface area contributed by atoms with Gasteiger partial charge in [0.1, 0.15) is 17.9 Å². The van der Waals surface area contributed by atoms with Crippen molar-refractivity contribution in [1.29, 1.82) is 0 Å². The highest BCUT2D eigenvalue weighted by atomic mass is 35.5. The first-order valence-corrected chi connectivity index (χ1v) is 15.6. The summed E-state index contributed by atoms with van der Waals surface area (Å²) in [7, 11) is 0. The van der Waals surface area contributed by atoms with E-state index in [1.54, 1.807) is 0 Å². The molecule has 3 rings (SSSR count). The average Bonchev–Trinajstić information content (AvgIpc) is 2.99. The molecule has 218 valence electrons. The molecule has 0 spiro atoms. The first-order valence-electron chi connectivity index (χ1n) is 15.1. The summed E-state index contributed by atoms with van der Waals surface area (Å²) in [5.74, 6) is 3.53. The van der Waals surface area contributed by atoms with Crippen LogP contribution in [0.5, 0.6) is 0 Å². The summed E-state index contributed by atoms with van der Waals surface area (Å²) in [5.41, 5.74) is 4.33. The molecule has 2 fully saturated rings. The van der Waals surface area contributed by atoms with Crippen LogP contribution in [0, 0.1) is 17.8 Å². The maximum atomic E-state index is 6.64. The van der Waals surface area contributed by atoms with E-state index >= 15 is 0 Å². The van der Waals surface area contributed by atoms with Gasteiger partial charge in [-0.15, -0.1) is 13.2 Å². The molecular formula is C36H55ClO2. The largest absolute Gasteiger partial charge is 0.490 e. The number of rotatable bonds is 11. The Hall–Kier alpha value is -2.03. The average molecular weight is 555 g/mol. The molecule has 2 saturated carbocycles. The van der Waals surface area contributed by atoms with E-state index in [-0.39, 0.29) is 5.56 Å². The maximum Gasteiger partial charge on any atom is 0.131 e. The van der Waals surface area contributed by atoms with E-state index in [0.29, 0.717) is 19.1 Å². The van der Waals surface area contributed by atoms with Crippen molar-refractivity contribution in [2.75, 3.05) is 13.2 Å². The minimum absolute atomic E-state index is 0.232. The fraction of sp³-hybridized carbons (Fsp3) is 0.556. The molecule has 0 N–H and O–H groups in total. The third-order valence-corrected chi connectivity index (χ3v) is 8.19. The lowest BCUT2D eigenvalue weighted by Gasteiger charge is -2.39. The third-order valence-electron chi connectivity index (χ3n) is 7.88. The van der Waals surface area contributed by atoms with Gasteiger partial charge in [0.05, 0.1) is 6.61 Å². The Labute approximate surface area is 245 Å². The molecule has 0 amide bonds. The third kappa shape index (κ3) is 11.9. The Morgan fingerprint density at radius 1 is 0.974 bits per heavy atom. The topological polar surface area (TPSA) is 18.5 Å². The second-order valence-electron chi connectivity index (χ2n) is 10.2. The van der Waals surface area contributed by atoms with E-state index in [2.05, 4.69) is 76.4 Å². The van der Waals surface area contributed by atoms with Gasteiger partial charge in [0.2, 0.25) is 0 Å². The van der Waals surface area contributed by atoms with E-state index in [1.807, 2.05) is 32.9 Å². The predicted molar refractivity (Wildman–Crippen MR) is 173 cm³/mol. The summed E-state index contributed by atoms with van der Waals surface area (Å²) in [6.45, 7) is 19.3. The number of benzene rings is 1. The molecular weight excluding hydrogens is 500 g/mol. The minimum atomic E-state index is -0.232. The highest BCUT2D eigenvalue weighted by Crippen LogP contribution is 2.44. The molecule has 3 heteroatoms. The molecule has 0 heterocycles. The molecule has 2 nitrogen and oxygen atoms in total. The summed E-state index contributed by atoms with van der Waals surface area (Å²) >= 11 is 6.64. The standard InChI is InChI=1S/C32H45ClO2.C2H6.C2H4/c1-5-7-13-24(3)25(4)32(30(6-2)28-15-9-8-10-16-28)35-21-20-34-31(33)23-26-18-19-27-14-11-12-17-29(27)22-26;2*1-2/h5-10,13,15-16,26-27,29,31H,11-12,14,17-23H2,1-4H3;1-2H3;1-2H2/b7-5-,24-13+,30-6-,32-25-;;. The SMILES string of the molecule is C=C.CC.C\C=C/C=C(C)/C(C)=C(OCCOC(Cl)CC1CCC2CCCCC2C1)/C(=C\C)c1ccccc1. The molecule has 0 radical (unpaired) electrons. The van der Waals surface area contributed by atoms with Gasteiger partial charge in [-0.25, -0.2) is 0 Å². The van der Waals surface area contributed by atoms with Gasteiger partial charge in [0.25, 0.3) is 0 Å². The minimum Gasteiger partial charge on any atom is -0.490 e. The van der Waals surface area contributed by atoms with Gasteiger partial charge in [-0.1, -0.05) is 112 Å². The van der Waals surface area contributed by atoms with Crippen LogP contribution in [0.15, 0.2) is 84.7 Å². The quantitative estimate of drug-likeness (QED) is 0.0889. The molecule has 0 aliphatic heterocycles. The highest BCUT2D eigenvalue weighted by Gasteiger charge is 2.32. The van der Waals surface area contributed by atoms with Crippen molar-refractivity contribution in [3.8, 4) is 0 Å². The van der Waals surface area contributed by atoms with Gasteiger partial charge in [0.15, 0.2) is 0 Å². The Kier molecular flexibility index (Phi) is 18.7. The van der Waals surface area contributed by atoms with E-state index in [4.69, 9.17) is 21.1 Å². The molecule has 4 unspecified atom stereocenters. The molecule has 0 aromatic heterocycles. The Bertz CT molecular complexity index is 911. The number of ether oxygens (including phenoxy) is 2. The maximum absolute atomic E-state index is 6.64. The Balaban J connectivity index is 0.00000181. The number of allylic oxidation sites excluding steroid dienone is 7. The van der Waals surface area contributed by atoms with Crippen LogP contribution in [0.4, 0.5) is 0 Å². The van der Waals surface area contributed by atoms with Crippen molar-refractivity contribution < 1.29 is 9.47 Å². The van der Waals surface area contributed by atoms with Crippen molar-refractivity contribution in [1.82, 2.24) is 0 Å². The monoisotopic (exact) mass is 554 g/mol. The second kappa shape index (κ2) is 20.8. The number of alkyl halides is 1. The molecule has 1 aromatic rings. The molecule has 0 saturated heterocycles. The van der Waals surface area contributed by atoms with Crippen molar-refractivity contribution in [2.24, 2.45) is 17.8 Å². The lowest BCUT2D eigenvalue weighted by Crippen LogP contribution is -2.29. The predicted octanol–water partition coefficient (Wildman–Crippen LogP) is 11.3. The van der Waals surface area contributed by atoms with Gasteiger partial charge >= 0.3 is 0 Å². The summed E-state index contributed by atoms with van der Waals surface area (Å²) in [4.78, 5) is 0. The van der Waals surface area contributed by atoms with Gasteiger partial charge in [0, 0.05) is 5.57 Å². The van der Waals surface area contributed by atoms with Crippen LogP contribution >= 0.6 is 11.6 Å². The van der Waals surface area contributed by atoms with Gasteiger partial charge in [-0.2, -0.15) is 0 Å². The molecule has 0 bridgehead atoms. The van der Waals surface area contributed by atoms with Crippen molar-refractivity contribution in [3.63, 3.8) is 0 Å². The highest BCUT2D eigenvalue weighted by molar-refractivity contribution is 6.19. The summed E-state index contributed by atoms with van der Waals surface area (Å²) in [6.07, 6.45) is 19.1. The lowest BCUT2D eigenvalue weighted by molar-refractivity contribution is 0.0375. The van der Waals surface area contributed by atoms with Crippen molar-refractivity contribution >= 4 is 17.2 Å². The molecule has 2 aliphatic rings. The molecule has 1 aromatic carbocycles. The van der Waals surface area contributed by atoms with Gasteiger partial charge in [-0.05, 0) is 81.4 Å². The van der Waals surface area contributed by atoms with Crippen LogP contribution in [-0.4, -0.2) is 18.8 Å². The molecule has 4 atom stereocenters. The van der Waals surface area contributed by atoms with Crippen LogP contribution < -0.4 is 0 Å². The zero-order valence-electron chi connectivity index (χ0n) is 25.7. The lowest BCUT2D eigenvalue weighted by atomic mass is 9.67. The van der Waals surface area contributed by atoms with E-state index in [9.17, 15) is 0 Å². The number of halogens is 1. The van der Waals surface area contributed by atoms with Crippen molar-refractivity contribution in [3.05, 3.63) is 90.3 Å². The van der Waals surface area contributed by atoms with Crippen LogP contribution in [-0.2, 0) is 9.47 Å².